The Kier molecular flexibility index (Phi) is 5.68. The van der Waals surface area contributed by atoms with E-state index in [0.717, 1.165) is 25.7 Å². The van der Waals surface area contributed by atoms with Crippen LogP contribution in [0.4, 0.5) is 0 Å². The van der Waals surface area contributed by atoms with E-state index in [4.69, 9.17) is 5.84 Å². The predicted molar refractivity (Wildman–Crippen MR) is 54.6 cm³/mol. The topological polar surface area (TPSA) is 38.0 Å². The summed E-state index contributed by atoms with van der Waals surface area (Å²) < 4.78 is 0. The minimum atomic E-state index is -0.0156. The summed E-state index contributed by atoms with van der Waals surface area (Å²) in [6.45, 7) is 9.61. The van der Waals surface area contributed by atoms with Crippen LogP contribution in [0.25, 0.3) is 0 Å². The fraction of sp³-hybridized carbons (Fsp3) is 0.600. The lowest BCUT2D eigenvalue weighted by Crippen LogP contribution is -2.48. The van der Waals surface area contributed by atoms with Crippen LogP contribution < -0.4 is 11.3 Å². The summed E-state index contributed by atoms with van der Waals surface area (Å²) in [5.74, 6) is 5.52. The second kappa shape index (κ2) is 5.98. The molecule has 2 heteroatoms. The number of nitrogens with one attached hydrogen (secondary N) is 1. The van der Waals surface area contributed by atoms with Gasteiger partial charge in [0.2, 0.25) is 0 Å². The molecule has 0 radical (unpaired) electrons. The van der Waals surface area contributed by atoms with Crippen LogP contribution in [0.2, 0.25) is 0 Å². The van der Waals surface area contributed by atoms with Gasteiger partial charge < -0.3 is 0 Å². The summed E-state index contributed by atoms with van der Waals surface area (Å²) in [4.78, 5) is 0. The molecule has 0 aliphatic heterocycles. The standard InChI is InChI=1S/C10H20N2/c1-4-7-10(12-11,8-5-2)9-6-3/h4-5,12H,1-2,6-9,11H2,3H3. The maximum atomic E-state index is 5.52. The van der Waals surface area contributed by atoms with Crippen LogP contribution in [0, 0.1) is 0 Å². The van der Waals surface area contributed by atoms with Gasteiger partial charge in [-0.3, -0.25) is 11.3 Å². The molecule has 70 valence electrons. The van der Waals surface area contributed by atoms with Crippen molar-refractivity contribution < 1.29 is 0 Å². The zero-order valence-corrected chi connectivity index (χ0v) is 7.97. The van der Waals surface area contributed by atoms with Gasteiger partial charge >= 0.3 is 0 Å². The van der Waals surface area contributed by atoms with E-state index in [-0.39, 0.29) is 5.54 Å². The van der Waals surface area contributed by atoms with Crippen molar-refractivity contribution in [3.05, 3.63) is 25.3 Å². The molecule has 0 saturated heterocycles. The highest BCUT2D eigenvalue weighted by Gasteiger charge is 2.23. The molecule has 2 nitrogen and oxygen atoms in total. The summed E-state index contributed by atoms with van der Waals surface area (Å²) in [5, 5.41) is 0. The average molecular weight is 168 g/mol. The summed E-state index contributed by atoms with van der Waals surface area (Å²) >= 11 is 0. The van der Waals surface area contributed by atoms with Crippen molar-refractivity contribution in [1.29, 1.82) is 0 Å². The number of nitrogens with two attached hydrogens (primary N) is 1. The van der Waals surface area contributed by atoms with Gasteiger partial charge in [0.1, 0.15) is 0 Å². The van der Waals surface area contributed by atoms with E-state index in [1.807, 2.05) is 12.2 Å². The fourth-order valence-electron chi connectivity index (χ4n) is 1.51. The van der Waals surface area contributed by atoms with Crippen LogP contribution in [0.3, 0.4) is 0 Å². The molecule has 0 aromatic carbocycles. The quantitative estimate of drug-likeness (QED) is 0.347. The van der Waals surface area contributed by atoms with Gasteiger partial charge in [-0.2, -0.15) is 0 Å². The van der Waals surface area contributed by atoms with Gasteiger partial charge in [-0.1, -0.05) is 25.5 Å². The number of rotatable bonds is 7. The monoisotopic (exact) mass is 168 g/mol. The van der Waals surface area contributed by atoms with Crippen LogP contribution in [-0.2, 0) is 0 Å². The van der Waals surface area contributed by atoms with Gasteiger partial charge in [0.05, 0.1) is 0 Å². The first-order chi connectivity index (χ1) is 5.74. The van der Waals surface area contributed by atoms with Crippen molar-refractivity contribution in [2.45, 2.75) is 38.1 Å². The molecule has 0 saturated carbocycles. The molecule has 0 bridgehead atoms. The molecule has 0 aromatic heterocycles. The van der Waals surface area contributed by atoms with Crippen LogP contribution in [0.5, 0.6) is 0 Å². The number of hydrazine groups is 1. The minimum Gasteiger partial charge on any atom is -0.271 e. The maximum Gasteiger partial charge on any atom is 0.0389 e. The molecule has 0 atom stereocenters. The molecule has 12 heavy (non-hydrogen) atoms. The van der Waals surface area contributed by atoms with Crippen molar-refractivity contribution in [3.8, 4) is 0 Å². The largest absolute Gasteiger partial charge is 0.271 e. The molecule has 0 aliphatic rings. The third kappa shape index (κ3) is 3.20. The maximum absolute atomic E-state index is 5.52. The second-order valence-corrected chi connectivity index (χ2v) is 3.16. The Morgan fingerprint density at radius 1 is 1.33 bits per heavy atom. The zero-order chi connectivity index (χ0) is 9.45. The highest BCUT2D eigenvalue weighted by Crippen LogP contribution is 2.21. The van der Waals surface area contributed by atoms with E-state index in [1.165, 1.54) is 0 Å². The Morgan fingerprint density at radius 3 is 2.08 bits per heavy atom. The van der Waals surface area contributed by atoms with E-state index in [2.05, 4.69) is 25.5 Å². The third-order valence-electron chi connectivity index (χ3n) is 2.10. The van der Waals surface area contributed by atoms with Gasteiger partial charge in [0.25, 0.3) is 0 Å². The Bertz CT molecular complexity index is 131. The highest BCUT2D eigenvalue weighted by molar-refractivity contribution is 4.96. The van der Waals surface area contributed by atoms with Crippen LogP contribution >= 0.6 is 0 Å². The van der Waals surface area contributed by atoms with Crippen molar-refractivity contribution >= 4 is 0 Å². The van der Waals surface area contributed by atoms with Gasteiger partial charge in [0.15, 0.2) is 0 Å². The first-order valence-corrected chi connectivity index (χ1v) is 4.44. The highest BCUT2D eigenvalue weighted by atomic mass is 15.3. The Hall–Kier alpha value is -0.600. The summed E-state index contributed by atoms with van der Waals surface area (Å²) in [7, 11) is 0. The van der Waals surface area contributed by atoms with E-state index in [9.17, 15) is 0 Å². The molecule has 0 amide bonds. The molecule has 0 spiro atoms. The summed E-state index contributed by atoms with van der Waals surface area (Å²) in [5.41, 5.74) is 2.86. The number of hydrogen-bond donors (Lipinski definition) is 2. The zero-order valence-electron chi connectivity index (χ0n) is 7.97. The molecule has 0 aromatic rings. The van der Waals surface area contributed by atoms with Crippen LogP contribution in [0.1, 0.15) is 32.6 Å². The van der Waals surface area contributed by atoms with Gasteiger partial charge in [-0.15, -0.1) is 13.2 Å². The van der Waals surface area contributed by atoms with Crippen molar-refractivity contribution in [3.63, 3.8) is 0 Å². The Balaban J connectivity index is 4.25. The lowest BCUT2D eigenvalue weighted by molar-refractivity contribution is 0.308. The van der Waals surface area contributed by atoms with Crippen molar-refractivity contribution in [2.24, 2.45) is 5.84 Å². The molecular formula is C10H20N2. The number of hydrogen-bond acceptors (Lipinski definition) is 2. The van der Waals surface area contributed by atoms with Gasteiger partial charge in [0, 0.05) is 5.54 Å². The molecular weight excluding hydrogens is 148 g/mol. The molecule has 0 aliphatic carbocycles. The van der Waals surface area contributed by atoms with Gasteiger partial charge in [-0.25, -0.2) is 0 Å². The lowest BCUT2D eigenvalue weighted by Gasteiger charge is -2.30. The van der Waals surface area contributed by atoms with Crippen LogP contribution in [-0.4, -0.2) is 5.54 Å². The molecule has 3 N–H and O–H groups in total. The van der Waals surface area contributed by atoms with E-state index < -0.39 is 0 Å². The SMILES string of the molecule is C=CCC(CC=C)(CCC)NN. The molecule has 0 fully saturated rings. The fourth-order valence-corrected chi connectivity index (χ4v) is 1.51. The first-order valence-electron chi connectivity index (χ1n) is 4.44. The van der Waals surface area contributed by atoms with Gasteiger partial charge in [-0.05, 0) is 19.3 Å². The average Bonchev–Trinajstić information content (AvgIpc) is 2.06. The van der Waals surface area contributed by atoms with E-state index in [0.29, 0.717) is 0 Å². The normalized spacial score (nSPS) is 11.2. The molecule has 0 rings (SSSR count). The minimum absolute atomic E-state index is 0.0156. The van der Waals surface area contributed by atoms with Crippen molar-refractivity contribution in [2.75, 3.05) is 0 Å². The molecule has 0 unspecified atom stereocenters. The summed E-state index contributed by atoms with van der Waals surface area (Å²) in [6, 6.07) is 0. The van der Waals surface area contributed by atoms with Crippen LogP contribution in [0.15, 0.2) is 25.3 Å². The molecule has 0 heterocycles. The third-order valence-corrected chi connectivity index (χ3v) is 2.10. The first kappa shape index (κ1) is 11.4. The van der Waals surface area contributed by atoms with E-state index >= 15 is 0 Å². The lowest BCUT2D eigenvalue weighted by atomic mass is 9.87. The second-order valence-electron chi connectivity index (χ2n) is 3.16. The smallest absolute Gasteiger partial charge is 0.0389 e. The predicted octanol–water partition coefficient (Wildman–Crippen LogP) is 2.14. The summed E-state index contributed by atoms with van der Waals surface area (Å²) in [6.07, 6.45) is 7.76. The Morgan fingerprint density at radius 2 is 1.83 bits per heavy atom. The van der Waals surface area contributed by atoms with E-state index in [1.54, 1.807) is 0 Å². The van der Waals surface area contributed by atoms with Crippen molar-refractivity contribution in [1.82, 2.24) is 5.43 Å². The Labute approximate surface area is 75.5 Å².